The fourth-order valence-corrected chi connectivity index (χ4v) is 4.39. The van der Waals surface area contributed by atoms with Crippen LogP contribution in [0.25, 0.3) is 16.9 Å². The minimum Gasteiger partial charge on any atom is -0.481 e. The van der Waals surface area contributed by atoms with E-state index in [1.807, 2.05) is 25.1 Å². The number of amides is 1. The van der Waals surface area contributed by atoms with Crippen molar-refractivity contribution in [1.82, 2.24) is 19.6 Å². The van der Waals surface area contributed by atoms with Crippen LogP contribution in [0.1, 0.15) is 19.8 Å². The molecule has 1 aliphatic heterocycles. The van der Waals surface area contributed by atoms with Gasteiger partial charge in [-0.15, -0.1) is 0 Å². The molecule has 4 heterocycles. The number of ether oxygens (including phenoxy) is 1. The molecule has 0 radical (unpaired) electrons. The Balaban J connectivity index is 1.65. The lowest BCUT2D eigenvalue weighted by atomic mass is 9.75. The number of nitriles is 1. The summed E-state index contributed by atoms with van der Waals surface area (Å²) in [6.45, 7) is 2.45. The average Bonchev–Trinajstić information content (AvgIpc) is 3.42. The maximum Gasteiger partial charge on any atom is 0.249 e. The van der Waals surface area contributed by atoms with Gasteiger partial charge in [0, 0.05) is 18.5 Å². The molecule has 2 fully saturated rings. The van der Waals surface area contributed by atoms with E-state index in [9.17, 15) is 10.1 Å². The molecule has 0 bridgehead atoms. The lowest BCUT2D eigenvalue weighted by molar-refractivity contribution is -0.124. The van der Waals surface area contributed by atoms with Gasteiger partial charge in [-0.1, -0.05) is 13.0 Å². The average molecular weight is 388 g/mol. The van der Waals surface area contributed by atoms with Crippen LogP contribution in [0.5, 0.6) is 5.88 Å². The van der Waals surface area contributed by atoms with E-state index in [0.717, 1.165) is 18.4 Å². The molecule has 1 saturated carbocycles. The lowest BCUT2D eigenvalue weighted by Crippen LogP contribution is -2.37. The number of fused-ring (bicyclic) bond motifs is 1. The molecule has 1 amide bonds. The van der Waals surface area contributed by atoms with Crippen LogP contribution < -0.4 is 9.64 Å². The summed E-state index contributed by atoms with van der Waals surface area (Å²) in [7, 11) is 1.56. The second kappa shape index (κ2) is 6.27. The Morgan fingerprint density at radius 3 is 2.79 bits per heavy atom. The summed E-state index contributed by atoms with van der Waals surface area (Å²) in [5.74, 6) is 0.926. The van der Waals surface area contributed by atoms with Gasteiger partial charge in [-0.3, -0.25) is 9.69 Å². The molecular weight excluding hydrogens is 368 g/mol. The van der Waals surface area contributed by atoms with Crippen LogP contribution in [0.15, 0.2) is 36.7 Å². The van der Waals surface area contributed by atoms with E-state index in [0.29, 0.717) is 29.6 Å². The van der Waals surface area contributed by atoms with Crippen molar-refractivity contribution in [2.24, 2.45) is 17.3 Å². The van der Waals surface area contributed by atoms with Crippen molar-refractivity contribution >= 4 is 17.2 Å². The summed E-state index contributed by atoms with van der Waals surface area (Å²) in [5.41, 5.74) is 0.970. The van der Waals surface area contributed by atoms with E-state index in [2.05, 4.69) is 16.2 Å². The first kappa shape index (κ1) is 17.6. The van der Waals surface area contributed by atoms with E-state index in [4.69, 9.17) is 9.72 Å². The Kier molecular flexibility index (Phi) is 3.81. The molecule has 1 saturated heterocycles. The third-order valence-corrected chi connectivity index (χ3v) is 6.06. The second-order valence-electron chi connectivity index (χ2n) is 7.75. The molecular formula is C21H20N6O2. The van der Waals surface area contributed by atoms with Crippen LogP contribution in [0.3, 0.4) is 0 Å². The molecule has 146 valence electrons. The second-order valence-corrected chi connectivity index (χ2v) is 7.75. The van der Waals surface area contributed by atoms with E-state index in [1.54, 1.807) is 35.0 Å². The van der Waals surface area contributed by atoms with Gasteiger partial charge in [-0.25, -0.2) is 14.5 Å². The van der Waals surface area contributed by atoms with Crippen molar-refractivity contribution in [3.8, 4) is 23.3 Å². The van der Waals surface area contributed by atoms with Gasteiger partial charge in [0.05, 0.1) is 31.3 Å². The third kappa shape index (κ3) is 2.50. The Bertz CT molecular complexity index is 1160. The standard InChI is InChI=1S/C21H20N6O2/c1-13-10-26(20(28)21(13,12-22)14-6-7-14)19-17-8-9-23-27(17)11-16(25-19)15-4-3-5-18(24-15)29-2/h3-5,8-9,11,13-14H,6-7,10H2,1-2H3/t13-,21+/m1/s1. The van der Waals surface area contributed by atoms with Crippen molar-refractivity contribution in [2.45, 2.75) is 19.8 Å². The monoisotopic (exact) mass is 388 g/mol. The number of aromatic nitrogens is 4. The number of anilines is 1. The molecule has 29 heavy (non-hydrogen) atoms. The first-order chi connectivity index (χ1) is 14.1. The van der Waals surface area contributed by atoms with Crippen LogP contribution in [0, 0.1) is 28.6 Å². The zero-order valence-corrected chi connectivity index (χ0v) is 16.2. The fraction of sp³-hybridized carbons (Fsp3) is 0.381. The van der Waals surface area contributed by atoms with Crippen molar-refractivity contribution < 1.29 is 9.53 Å². The van der Waals surface area contributed by atoms with E-state index in [1.165, 1.54) is 0 Å². The third-order valence-electron chi connectivity index (χ3n) is 6.06. The summed E-state index contributed by atoms with van der Waals surface area (Å²) in [6, 6.07) is 9.64. The SMILES string of the molecule is COc1cccc(-c2cn3nccc3c(N3C[C@@H](C)[C@@](C#N)(C4CC4)C3=O)n2)n1. The first-order valence-electron chi connectivity index (χ1n) is 9.67. The maximum atomic E-state index is 13.5. The van der Waals surface area contributed by atoms with Gasteiger partial charge in [0.25, 0.3) is 0 Å². The van der Waals surface area contributed by atoms with Crippen LogP contribution in [0.4, 0.5) is 5.82 Å². The molecule has 8 nitrogen and oxygen atoms in total. The normalized spacial score (nSPS) is 24.1. The Hall–Kier alpha value is -3.47. The zero-order chi connectivity index (χ0) is 20.2. The first-order valence-corrected chi connectivity index (χ1v) is 9.67. The van der Waals surface area contributed by atoms with Crippen LogP contribution in [0.2, 0.25) is 0 Å². The molecule has 3 aromatic heterocycles. The Morgan fingerprint density at radius 2 is 2.07 bits per heavy atom. The highest BCUT2D eigenvalue weighted by Gasteiger charge is 2.61. The van der Waals surface area contributed by atoms with E-state index >= 15 is 0 Å². The number of carbonyl (C=O) groups excluding carboxylic acids is 1. The molecule has 1 aliphatic carbocycles. The van der Waals surface area contributed by atoms with Gasteiger partial charge in [0.2, 0.25) is 11.8 Å². The van der Waals surface area contributed by atoms with Crippen molar-refractivity contribution in [2.75, 3.05) is 18.6 Å². The number of carbonyl (C=O) groups is 1. The maximum absolute atomic E-state index is 13.5. The predicted molar refractivity (Wildman–Crippen MR) is 105 cm³/mol. The van der Waals surface area contributed by atoms with Gasteiger partial charge in [-0.05, 0) is 30.9 Å². The summed E-state index contributed by atoms with van der Waals surface area (Å²) >= 11 is 0. The minimum atomic E-state index is -0.955. The Labute approximate surface area is 167 Å². The predicted octanol–water partition coefficient (Wildman–Crippen LogP) is 2.70. The zero-order valence-electron chi connectivity index (χ0n) is 16.2. The van der Waals surface area contributed by atoms with Crippen LogP contribution >= 0.6 is 0 Å². The minimum absolute atomic E-state index is 0.0594. The van der Waals surface area contributed by atoms with Crippen LogP contribution in [-0.2, 0) is 4.79 Å². The van der Waals surface area contributed by atoms with E-state index < -0.39 is 5.41 Å². The van der Waals surface area contributed by atoms with Crippen molar-refractivity contribution in [3.63, 3.8) is 0 Å². The molecule has 5 rings (SSSR count). The summed E-state index contributed by atoms with van der Waals surface area (Å²) in [4.78, 5) is 24.4. The topological polar surface area (TPSA) is 96.4 Å². The van der Waals surface area contributed by atoms with Crippen molar-refractivity contribution in [1.29, 1.82) is 5.26 Å². The van der Waals surface area contributed by atoms with Gasteiger partial charge >= 0.3 is 0 Å². The quantitative estimate of drug-likeness (QED) is 0.682. The highest BCUT2D eigenvalue weighted by molar-refractivity contribution is 6.04. The molecule has 3 aromatic rings. The number of rotatable bonds is 4. The molecule has 0 unspecified atom stereocenters. The molecule has 8 heteroatoms. The van der Waals surface area contributed by atoms with Gasteiger partial charge in [0.15, 0.2) is 5.82 Å². The smallest absolute Gasteiger partial charge is 0.249 e. The largest absolute Gasteiger partial charge is 0.481 e. The molecule has 2 atom stereocenters. The summed E-state index contributed by atoms with van der Waals surface area (Å²) in [5, 5.41) is 14.3. The number of methoxy groups -OCH3 is 1. The van der Waals surface area contributed by atoms with Gasteiger partial charge < -0.3 is 4.74 Å². The highest BCUT2D eigenvalue weighted by Crippen LogP contribution is 2.54. The highest BCUT2D eigenvalue weighted by atomic mass is 16.5. The Morgan fingerprint density at radius 1 is 1.24 bits per heavy atom. The van der Waals surface area contributed by atoms with E-state index in [-0.39, 0.29) is 17.7 Å². The summed E-state index contributed by atoms with van der Waals surface area (Å²) in [6.07, 6.45) is 5.32. The number of nitrogens with zero attached hydrogens (tertiary/aromatic N) is 6. The lowest BCUT2D eigenvalue weighted by Gasteiger charge is -2.23. The number of hydrogen-bond acceptors (Lipinski definition) is 6. The van der Waals surface area contributed by atoms with Gasteiger partial charge in [0.1, 0.15) is 16.6 Å². The summed E-state index contributed by atoms with van der Waals surface area (Å²) < 4.78 is 6.92. The van der Waals surface area contributed by atoms with Crippen molar-refractivity contribution in [3.05, 3.63) is 36.7 Å². The number of hydrogen-bond donors (Lipinski definition) is 0. The fourth-order valence-electron chi connectivity index (χ4n) is 4.39. The molecule has 0 aromatic carbocycles. The molecule has 0 N–H and O–H groups in total. The molecule has 2 aliphatic rings. The van der Waals surface area contributed by atoms with Crippen LogP contribution in [-0.4, -0.2) is 39.1 Å². The van der Waals surface area contributed by atoms with Gasteiger partial charge in [-0.2, -0.15) is 10.4 Å². The number of pyridine rings is 1. The molecule has 0 spiro atoms.